The Kier molecular flexibility index (Phi) is 5.23. The first-order valence-electron chi connectivity index (χ1n) is 7.32. The molecule has 106 valence electrons. The highest BCUT2D eigenvalue weighted by molar-refractivity contribution is 5.38. The fourth-order valence-electron chi connectivity index (χ4n) is 2.82. The van der Waals surface area contributed by atoms with E-state index < -0.39 is 0 Å². The summed E-state index contributed by atoms with van der Waals surface area (Å²) in [4.78, 5) is 0. The molecule has 1 aromatic rings. The monoisotopic (exact) mass is 262 g/mol. The number of rotatable bonds is 4. The van der Waals surface area contributed by atoms with Gasteiger partial charge in [-0.15, -0.1) is 0 Å². The molecule has 0 saturated carbocycles. The normalized spacial score (nSPS) is 21.7. The second kappa shape index (κ2) is 6.92. The first-order chi connectivity index (χ1) is 9.20. The van der Waals surface area contributed by atoms with E-state index in [-0.39, 0.29) is 0 Å². The third-order valence-corrected chi connectivity index (χ3v) is 3.91. The number of ether oxygens (including phenoxy) is 1. The van der Waals surface area contributed by atoms with Gasteiger partial charge in [0.25, 0.3) is 0 Å². The zero-order valence-electron chi connectivity index (χ0n) is 12.3. The van der Waals surface area contributed by atoms with Crippen LogP contribution in [0.5, 0.6) is 5.75 Å². The molecule has 1 heterocycles. The second-order valence-electron chi connectivity index (χ2n) is 5.51. The summed E-state index contributed by atoms with van der Waals surface area (Å²) in [5.74, 6) is 0.984. The number of hydrogen-bond acceptors (Lipinski definition) is 3. The van der Waals surface area contributed by atoms with Crippen LogP contribution in [-0.4, -0.2) is 26.2 Å². The van der Waals surface area contributed by atoms with Gasteiger partial charge in [-0.1, -0.05) is 17.7 Å². The molecule has 1 aliphatic heterocycles. The van der Waals surface area contributed by atoms with Gasteiger partial charge in [-0.3, -0.25) is 0 Å². The third kappa shape index (κ3) is 3.95. The molecular weight excluding hydrogens is 236 g/mol. The van der Waals surface area contributed by atoms with E-state index in [0.29, 0.717) is 12.1 Å². The van der Waals surface area contributed by atoms with Crippen molar-refractivity contribution in [3.05, 3.63) is 29.3 Å². The lowest BCUT2D eigenvalue weighted by atomic mass is 10.0. The van der Waals surface area contributed by atoms with Gasteiger partial charge in [-0.2, -0.15) is 0 Å². The van der Waals surface area contributed by atoms with E-state index in [4.69, 9.17) is 4.74 Å². The van der Waals surface area contributed by atoms with Crippen LogP contribution in [0.2, 0.25) is 0 Å². The topological polar surface area (TPSA) is 33.3 Å². The maximum atomic E-state index is 5.48. The number of benzene rings is 1. The fourth-order valence-corrected chi connectivity index (χ4v) is 2.82. The van der Waals surface area contributed by atoms with Crippen molar-refractivity contribution in [2.24, 2.45) is 0 Å². The van der Waals surface area contributed by atoms with Crippen LogP contribution in [0.1, 0.15) is 43.4 Å². The molecule has 0 radical (unpaired) electrons. The minimum atomic E-state index is 0.331. The average Bonchev–Trinajstić information content (AvgIpc) is 2.67. The first-order valence-corrected chi connectivity index (χ1v) is 7.32. The van der Waals surface area contributed by atoms with E-state index in [9.17, 15) is 0 Å². The number of nitrogens with one attached hydrogen (secondary N) is 2. The van der Waals surface area contributed by atoms with Crippen molar-refractivity contribution in [3.8, 4) is 5.75 Å². The van der Waals surface area contributed by atoms with Crippen LogP contribution in [-0.2, 0) is 0 Å². The zero-order chi connectivity index (χ0) is 13.7. The molecule has 1 saturated heterocycles. The molecule has 2 N–H and O–H groups in total. The van der Waals surface area contributed by atoms with E-state index in [2.05, 4.69) is 42.7 Å². The molecule has 1 fully saturated rings. The molecule has 3 heteroatoms. The Bertz CT molecular complexity index is 398. The Morgan fingerprint density at radius 1 is 1.32 bits per heavy atom. The highest BCUT2D eigenvalue weighted by atomic mass is 16.5. The van der Waals surface area contributed by atoms with Gasteiger partial charge in [0.2, 0.25) is 0 Å². The quantitative estimate of drug-likeness (QED) is 0.875. The van der Waals surface area contributed by atoms with Gasteiger partial charge in [0, 0.05) is 17.6 Å². The molecule has 0 bridgehead atoms. The maximum Gasteiger partial charge on any atom is 0.123 e. The number of hydrogen-bond donors (Lipinski definition) is 2. The van der Waals surface area contributed by atoms with Gasteiger partial charge < -0.3 is 15.4 Å². The summed E-state index contributed by atoms with van der Waals surface area (Å²) < 4.78 is 5.48. The number of methoxy groups -OCH3 is 1. The number of aryl methyl sites for hydroxylation is 1. The lowest BCUT2D eigenvalue weighted by Gasteiger charge is -2.24. The lowest BCUT2D eigenvalue weighted by Crippen LogP contribution is -2.32. The second-order valence-corrected chi connectivity index (χ2v) is 5.51. The van der Waals surface area contributed by atoms with Crippen LogP contribution in [0.3, 0.4) is 0 Å². The van der Waals surface area contributed by atoms with Crippen molar-refractivity contribution >= 4 is 0 Å². The Balaban J connectivity index is 2.05. The third-order valence-electron chi connectivity index (χ3n) is 3.91. The minimum Gasteiger partial charge on any atom is -0.496 e. The summed E-state index contributed by atoms with van der Waals surface area (Å²) in [6, 6.07) is 7.33. The summed E-state index contributed by atoms with van der Waals surface area (Å²) in [7, 11) is 1.75. The molecule has 19 heavy (non-hydrogen) atoms. The van der Waals surface area contributed by atoms with Crippen LogP contribution in [0.15, 0.2) is 18.2 Å². The van der Waals surface area contributed by atoms with E-state index in [1.54, 1.807) is 7.11 Å². The van der Waals surface area contributed by atoms with E-state index >= 15 is 0 Å². The zero-order valence-corrected chi connectivity index (χ0v) is 12.3. The van der Waals surface area contributed by atoms with Gasteiger partial charge in [-0.25, -0.2) is 0 Å². The van der Waals surface area contributed by atoms with Crippen LogP contribution >= 0.6 is 0 Å². The molecule has 1 aliphatic rings. The van der Waals surface area contributed by atoms with Gasteiger partial charge in [0.15, 0.2) is 0 Å². The molecule has 2 atom stereocenters. The summed E-state index contributed by atoms with van der Waals surface area (Å²) in [5, 5.41) is 7.21. The van der Waals surface area contributed by atoms with Gasteiger partial charge in [0.1, 0.15) is 5.75 Å². The smallest absolute Gasteiger partial charge is 0.123 e. The summed E-state index contributed by atoms with van der Waals surface area (Å²) in [6.07, 6.45) is 3.72. The van der Waals surface area contributed by atoms with Crippen molar-refractivity contribution in [1.82, 2.24) is 10.6 Å². The molecule has 0 aliphatic carbocycles. The Hall–Kier alpha value is -1.06. The minimum absolute atomic E-state index is 0.331. The maximum absolute atomic E-state index is 5.48. The largest absolute Gasteiger partial charge is 0.496 e. The molecular formula is C16H26N2O. The predicted molar refractivity (Wildman–Crippen MR) is 79.8 cm³/mol. The Morgan fingerprint density at radius 2 is 2.16 bits per heavy atom. The highest BCUT2D eigenvalue weighted by Gasteiger charge is 2.17. The Morgan fingerprint density at radius 3 is 2.95 bits per heavy atom. The predicted octanol–water partition coefficient (Wildman–Crippen LogP) is 2.80. The van der Waals surface area contributed by atoms with Crippen molar-refractivity contribution in [3.63, 3.8) is 0 Å². The lowest BCUT2D eigenvalue weighted by molar-refractivity contribution is 0.384. The average molecular weight is 262 g/mol. The molecule has 1 aromatic carbocycles. The summed E-state index contributed by atoms with van der Waals surface area (Å²) in [6.45, 7) is 6.64. The molecule has 2 unspecified atom stereocenters. The molecule has 0 aromatic heterocycles. The van der Waals surface area contributed by atoms with Crippen LogP contribution in [0, 0.1) is 6.92 Å². The molecule has 0 spiro atoms. The van der Waals surface area contributed by atoms with Crippen molar-refractivity contribution in [1.29, 1.82) is 0 Å². The van der Waals surface area contributed by atoms with E-state index in [1.165, 1.54) is 30.4 Å². The van der Waals surface area contributed by atoms with Gasteiger partial charge in [-0.05, 0) is 52.3 Å². The highest BCUT2D eigenvalue weighted by Crippen LogP contribution is 2.27. The van der Waals surface area contributed by atoms with Crippen LogP contribution in [0.25, 0.3) is 0 Å². The van der Waals surface area contributed by atoms with Crippen LogP contribution < -0.4 is 15.4 Å². The molecule has 3 nitrogen and oxygen atoms in total. The van der Waals surface area contributed by atoms with Gasteiger partial charge >= 0.3 is 0 Å². The van der Waals surface area contributed by atoms with E-state index in [1.807, 2.05) is 0 Å². The standard InChI is InChI=1S/C16H26N2O/c1-12-6-7-16(19-3)15(11-12)13(2)18-14-5-4-9-17-10-8-14/h6-7,11,13-14,17-18H,4-5,8-10H2,1-3H3. The fraction of sp³-hybridized carbons (Fsp3) is 0.625. The Labute approximate surface area is 116 Å². The van der Waals surface area contributed by atoms with Crippen molar-refractivity contribution < 1.29 is 4.74 Å². The summed E-state index contributed by atoms with van der Waals surface area (Å²) in [5.41, 5.74) is 2.55. The van der Waals surface area contributed by atoms with Crippen LogP contribution in [0.4, 0.5) is 0 Å². The van der Waals surface area contributed by atoms with E-state index in [0.717, 1.165) is 18.8 Å². The van der Waals surface area contributed by atoms with Crippen molar-refractivity contribution in [2.45, 2.75) is 45.2 Å². The molecule has 0 amide bonds. The van der Waals surface area contributed by atoms with Crippen molar-refractivity contribution in [2.75, 3.05) is 20.2 Å². The molecule has 2 rings (SSSR count). The summed E-state index contributed by atoms with van der Waals surface area (Å²) >= 11 is 0. The first kappa shape index (κ1) is 14.4. The SMILES string of the molecule is COc1ccc(C)cc1C(C)NC1CCCNCC1. The van der Waals surface area contributed by atoms with Gasteiger partial charge in [0.05, 0.1) is 7.11 Å².